The molecule has 1 amide bonds. The number of anilines is 2. The van der Waals surface area contributed by atoms with Gasteiger partial charge in [0.2, 0.25) is 0 Å². The van der Waals surface area contributed by atoms with Gasteiger partial charge in [0.15, 0.2) is 0 Å². The number of amides is 1. The molecular formula is C17H16N4OS. The van der Waals surface area contributed by atoms with E-state index in [4.69, 9.17) is 10.7 Å². The largest absolute Gasteiger partial charge is 0.366 e. The van der Waals surface area contributed by atoms with E-state index in [9.17, 15) is 4.79 Å². The van der Waals surface area contributed by atoms with Gasteiger partial charge in [0.05, 0.1) is 16.9 Å². The molecule has 3 N–H and O–H groups in total. The highest BCUT2D eigenvalue weighted by Crippen LogP contribution is 2.42. The number of carbonyl (C=O) groups is 1. The number of hydrogen-bond donors (Lipinski definition) is 2. The summed E-state index contributed by atoms with van der Waals surface area (Å²) in [6.07, 6.45) is 1.89. The lowest BCUT2D eigenvalue weighted by Gasteiger charge is -2.34. The van der Waals surface area contributed by atoms with Crippen molar-refractivity contribution >= 4 is 40.1 Å². The molecule has 23 heavy (non-hydrogen) atoms. The zero-order chi connectivity index (χ0) is 16.0. The molecule has 0 spiro atoms. The molecule has 5 nitrogen and oxygen atoms in total. The van der Waals surface area contributed by atoms with Crippen molar-refractivity contribution in [3.05, 3.63) is 48.2 Å². The Hall–Kier alpha value is -2.47. The fraction of sp³-hybridized carbons (Fsp3) is 0.176. The van der Waals surface area contributed by atoms with Crippen LogP contribution < -0.4 is 10.6 Å². The van der Waals surface area contributed by atoms with Crippen molar-refractivity contribution in [1.82, 2.24) is 9.97 Å². The number of aromatic nitrogens is 2. The number of thioether (sulfide) groups is 1. The Labute approximate surface area is 137 Å². The first-order valence-electron chi connectivity index (χ1n) is 7.44. The monoisotopic (exact) mass is 324 g/mol. The van der Waals surface area contributed by atoms with Crippen LogP contribution in [0.15, 0.2) is 47.6 Å². The third kappa shape index (κ3) is 2.35. The van der Waals surface area contributed by atoms with Crippen molar-refractivity contribution in [2.75, 3.05) is 11.4 Å². The van der Waals surface area contributed by atoms with Crippen LogP contribution >= 0.6 is 11.8 Å². The van der Waals surface area contributed by atoms with Crippen LogP contribution in [0.5, 0.6) is 0 Å². The number of rotatable bonds is 2. The number of nitrogens with zero attached hydrogens (tertiary/aromatic N) is 2. The van der Waals surface area contributed by atoms with E-state index < -0.39 is 5.91 Å². The van der Waals surface area contributed by atoms with E-state index >= 15 is 0 Å². The number of pyridine rings is 1. The van der Waals surface area contributed by atoms with Gasteiger partial charge in [0, 0.05) is 23.4 Å². The topological polar surface area (TPSA) is 75.0 Å². The molecular weight excluding hydrogens is 308 g/mol. The molecule has 0 saturated heterocycles. The highest BCUT2D eigenvalue weighted by Gasteiger charge is 2.27. The number of nitrogens with one attached hydrogen (secondary N) is 1. The predicted molar refractivity (Wildman–Crippen MR) is 93.4 cm³/mol. The average molecular weight is 324 g/mol. The Bertz CT molecular complexity index is 904. The lowest BCUT2D eigenvalue weighted by molar-refractivity contribution is 0.100. The maximum Gasteiger partial charge on any atom is 0.250 e. The van der Waals surface area contributed by atoms with E-state index in [1.807, 2.05) is 30.5 Å². The van der Waals surface area contributed by atoms with Crippen molar-refractivity contribution in [3.63, 3.8) is 0 Å². The average Bonchev–Trinajstić information content (AvgIpc) is 2.99. The van der Waals surface area contributed by atoms with Gasteiger partial charge < -0.3 is 15.6 Å². The molecule has 1 aromatic carbocycles. The fourth-order valence-corrected chi connectivity index (χ4v) is 4.00. The molecule has 0 aliphatic carbocycles. The van der Waals surface area contributed by atoms with Crippen LogP contribution in [0.2, 0.25) is 0 Å². The Morgan fingerprint density at radius 3 is 3.00 bits per heavy atom. The van der Waals surface area contributed by atoms with Crippen LogP contribution in [0.4, 0.5) is 11.4 Å². The summed E-state index contributed by atoms with van der Waals surface area (Å²) in [6.45, 7) is 2.97. The molecule has 116 valence electrons. The minimum atomic E-state index is -0.413. The molecule has 0 fully saturated rings. The number of fused-ring (bicyclic) bond motifs is 2. The van der Waals surface area contributed by atoms with Crippen LogP contribution in [0.3, 0.4) is 0 Å². The van der Waals surface area contributed by atoms with E-state index in [1.165, 1.54) is 0 Å². The number of aromatic amines is 1. The fourth-order valence-electron chi connectivity index (χ4n) is 2.96. The first-order chi connectivity index (χ1) is 11.1. The SMILES string of the molecule is C[C@H]1CN(c2ccccc2C(N)=O)c2cc3cc[nH]c3nc2S1. The summed E-state index contributed by atoms with van der Waals surface area (Å²) >= 11 is 1.75. The summed E-state index contributed by atoms with van der Waals surface area (Å²) in [5.74, 6) is -0.413. The molecule has 3 heterocycles. The maximum atomic E-state index is 11.8. The molecule has 2 aromatic heterocycles. The zero-order valence-corrected chi connectivity index (χ0v) is 13.4. The van der Waals surface area contributed by atoms with Gasteiger partial charge in [-0.3, -0.25) is 4.79 Å². The number of para-hydroxylation sites is 1. The van der Waals surface area contributed by atoms with Crippen LogP contribution in [0.25, 0.3) is 11.0 Å². The summed E-state index contributed by atoms with van der Waals surface area (Å²) in [6, 6.07) is 11.6. The van der Waals surface area contributed by atoms with Crippen molar-refractivity contribution in [2.45, 2.75) is 17.2 Å². The van der Waals surface area contributed by atoms with Crippen LogP contribution in [-0.4, -0.2) is 27.7 Å². The van der Waals surface area contributed by atoms with Crippen LogP contribution in [0, 0.1) is 0 Å². The lowest BCUT2D eigenvalue weighted by Crippen LogP contribution is -2.31. The molecule has 1 atom stereocenters. The van der Waals surface area contributed by atoms with E-state index in [1.54, 1.807) is 17.8 Å². The van der Waals surface area contributed by atoms with E-state index in [0.717, 1.165) is 34.0 Å². The van der Waals surface area contributed by atoms with Gasteiger partial charge >= 0.3 is 0 Å². The maximum absolute atomic E-state index is 11.8. The number of H-pyrrole nitrogens is 1. The molecule has 0 saturated carbocycles. The van der Waals surface area contributed by atoms with Gasteiger partial charge in [-0.1, -0.05) is 30.8 Å². The lowest BCUT2D eigenvalue weighted by atomic mass is 10.1. The Kier molecular flexibility index (Phi) is 3.27. The second kappa shape index (κ2) is 5.31. The Balaban J connectivity index is 1.92. The molecule has 0 unspecified atom stereocenters. The second-order valence-electron chi connectivity index (χ2n) is 5.65. The summed E-state index contributed by atoms with van der Waals surface area (Å²) in [5, 5.41) is 2.39. The standard InChI is InChI=1S/C17H16N4OS/c1-10-9-21(13-5-3-2-4-12(13)15(18)22)14-8-11-6-7-19-16(11)20-17(14)23-10/h2-8,10H,9H2,1H3,(H2,18,22)(H,19,20)/t10-/m0/s1. The third-order valence-corrected chi connectivity index (χ3v) is 5.06. The van der Waals surface area contributed by atoms with Crippen molar-refractivity contribution in [2.24, 2.45) is 5.73 Å². The summed E-state index contributed by atoms with van der Waals surface area (Å²) < 4.78 is 0. The summed E-state index contributed by atoms with van der Waals surface area (Å²) in [7, 11) is 0. The summed E-state index contributed by atoms with van der Waals surface area (Å²) in [4.78, 5) is 21.8. The normalized spacial score (nSPS) is 17.3. The number of nitrogens with two attached hydrogens (primary N) is 1. The highest BCUT2D eigenvalue weighted by atomic mass is 32.2. The number of carbonyl (C=O) groups excluding carboxylic acids is 1. The van der Waals surface area contributed by atoms with E-state index in [2.05, 4.69) is 22.9 Å². The first-order valence-corrected chi connectivity index (χ1v) is 8.32. The number of benzene rings is 1. The van der Waals surface area contributed by atoms with Crippen LogP contribution in [-0.2, 0) is 0 Å². The molecule has 6 heteroatoms. The Morgan fingerprint density at radius 2 is 2.17 bits per heavy atom. The van der Waals surface area contributed by atoms with Crippen molar-refractivity contribution in [1.29, 1.82) is 0 Å². The minimum Gasteiger partial charge on any atom is -0.366 e. The van der Waals surface area contributed by atoms with Crippen LogP contribution in [0.1, 0.15) is 17.3 Å². The molecule has 4 rings (SSSR count). The molecule has 1 aliphatic rings. The van der Waals surface area contributed by atoms with Gasteiger partial charge in [-0.05, 0) is 24.3 Å². The van der Waals surface area contributed by atoms with Crippen molar-refractivity contribution < 1.29 is 4.79 Å². The first kappa shape index (κ1) is 14.1. The zero-order valence-electron chi connectivity index (χ0n) is 12.6. The molecule has 0 radical (unpaired) electrons. The minimum absolute atomic E-state index is 0.364. The molecule has 0 bridgehead atoms. The molecule has 1 aliphatic heterocycles. The van der Waals surface area contributed by atoms with Gasteiger partial charge in [-0.15, -0.1) is 0 Å². The van der Waals surface area contributed by atoms with Gasteiger partial charge in [-0.2, -0.15) is 0 Å². The third-order valence-electron chi connectivity index (χ3n) is 3.98. The quantitative estimate of drug-likeness (QED) is 0.758. The van der Waals surface area contributed by atoms with Crippen molar-refractivity contribution in [3.8, 4) is 0 Å². The van der Waals surface area contributed by atoms with Gasteiger partial charge in [0.25, 0.3) is 5.91 Å². The summed E-state index contributed by atoms with van der Waals surface area (Å²) in [5.41, 5.74) is 8.84. The van der Waals surface area contributed by atoms with Gasteiger partial charge in [0.1, 0.15) is 10.7 Å². The predicted octanol–water partition coefficient (Wildman–Crippen LogP) is 3.29. The number of primary amides is 1. The van der Waals surface area contributed by atoms with Gasteiger partial charge in [-0.25, -0.2) is 4.98 Å². The Morgan fingerprint density at radius 1 is 1.35 bits per heavy atom. The van der Waals surface area contributed by atoms with E-state index in [0.29, 0.717) is 10.8 Å². The number of hydrogen-bond acceptors (Lipinski definition) is 4. The highest BCUT2D eigenvalue weighted by molar-refractivity contribution is 8.00. The molecule has 3 aromatic rings. The smallest absolute Gasteiger partial charge is 0.250 e. The second-order valence-corrected chi connectivity index (χ2v) is 7.08. The van der Waals surface area contributed by atoms with E-state index in [-0.39, 0.29) is 0 Å².